The van der Waals surface area contributed by atoms with Gasteiger partial charge in [0.2, 0.25) is 0 Å². The molecule has 0 unspecified atom stereocenters. The molecular formula is C23H16BrClN2O2S. The van der Waals surface area contributed by atoms with E-state index >= 15 is 0 Å². The van der Waals surface area contributed by atoms with E-state index in [1.54, 1.807) is 0 Å². The van der Waals surface area contributed by atoms with Crippen molar-refractivity contribution in [3.05, 3.63) is 98.3 Å². The van der Waals surface area contributed by atoms with E-state index in [1.165, 1.54) is 11.8 Å². The summed E-state index contributed by atoms with van der Waals surface area (Å²) in [7, 11) is 0. The van der Waals surface area contributed by atoms with E-state index in [2.05, 4.69) is 26.2 Å². The predicted molar refractivity (Wildman–Crippen MR) is 127 cm³/mol. The lowest BCUT2D eigenvalue weighted by atomic mass is 10.2. The van der Waals surface area contributed by atoms with Gasteiger partial charge in [-0.3, -0.25) is 4.79 Å². The van der Waals surface area contributed by atoms with Gasteiger partial charge in [0, 0.05) is 5.02 Å². The molecule has 1 aliphatic rings. The van der Waals surface area contributed by atoms with E-state index in [4.69, 9.17) is 16.3 Å². The number of amidine groups is 1. The number of para-hydroxylation sites is 1. The molecule has 1 fully saturated rings. The Bertz CT molecular complexity index is 1130. The van der Waals surface area contributed by atoms with Crippen LogP contribution in [0.1, 0.15) is 11.1 Å². The Labute approximate surface area is 192 Å². The molecule has 4 nitrogen and oxygen atoms in total. The molecule has 1 amide bonds. The Kier molecular flexibility index (Phi) is 6.57. The summed E-state index contributed by atoms with van der Waals surface area (Å²) in [6.45, 7) is 0.438. The van der Waals surface area contributed by atoms with Gasteiger partial charge in [-0.05, 0) is 81.3 Å². The third-order valence-electron chi connectivity index (χ3n) is 4.20. The Morgan fingerprint density at radius 3 is 2.57 bits per heavy atom. The molecular weight excluding hydrogens is 484 g/mol. The molecule has 0 bridgehead atoms. The van der Waals surface area contributed by atoms with Gasteiger partial charge in [-0.2, -0.15) is 0 Å². The molecule has 1 aliphatic heterocycles. The number of nitrogens with one attached hydrogen (secondary N) is 1. The number of carbonyl (C=O) groups is 1. The quantitative estimate of drug-likeness (QED) is 0.404. The molecule has 7 heteroatoms. The minimum absolute atomic E-state index is 0.158. The zero-order valence-electron chi connectivity index (χ0n) is 15.6. The molecule has 0 aliphatic carbocycles. The molecule has 150 valence electrons. The van der Waals surface area contributed by atoms with Crippen molar-refractivity contribution in [1.29, 1.82) is 0 Å². The number of carbonyl (C=O) groups excluding carboxylic acids is 1. The van der Waals surface area contributed by atoms with Crippen LogP contribution >= 0.6 is 39.3 Å². The molecule has 0 spiro atoms. The summed E-state index contributed by atoms with van der Waals surface area (Å²) in [5, 5.41) is 4.07. The lowest BCUT2D eigenvalue weighted by Crippen LogP contribution is -2.19. The first-order valence-corrected chi connectivity index (χ1v) is 11.1. The molecule has 1 heterocycles. The molecule has 3 aromatic rings. The third kappa shape index (κ3) is 5.33. The van der Waals surface area contributed by atoms with Crippen molar-refractivity contribution in [2.24, 2.45) is 4.99 Å². The first kappa shape index (κ1) is 20.7. The number of amides is 1. The number of thioether (sulfide) groups is 1. The lowest BCUT2D eigenvalue weighted by molar-refractivity contribution is -0.115. The molecule has 1 N–H and O–H groups in total. The van der Waals surface area contributed by atoms with Crippen LogP contribution in [0, 0.1) is 0 Å². The number of nitrogens with zero attached hydrogens (tertiary/aromatic N) is 1. The summed E-state index contributed by atoms with van der Waals surface area (Å²) < 4.78 is 6.69. The van der Waals surface area contributed by atoms with Gasteiger partial charge in [0.05, 0.1) is 15.1 Å². The van der Waals surface area contributed by atoms with E-state index in [1.807, 2.05) is 78.9 Å². The van der Waals surface area contributed by atoms with Gasteiger partial charge in [-0.25, -0.2) is 4.99 Å². The summed E-state index contributed by atoms with van der Waals surface area (Å²) in [5.74, 6) is 0.566. The second kappa shape index (κ2) is 9.51. The van der Waals surface area contributed by atoms with E-state index < -0.39 is 0 Å². The topological polar surface area (TPSA) is 50.7 Å². The molecule has 3 aromatic carbocycles. The highest BCUT2D eigenvalue weighted by molar-refractivity contribution is 9.10. The molecule has 30 heavy (non-hydrogen) atoms. The highest BCUT2D eigenvalue weighted by atomic mass is 79.9. The van der Waals surface area contributed by atoms with Crippen LogP contribution in [-0.4, -0.2) is 11.1 Å². The second-order valence-corrected chi connectivity index (χ2v) is 8.74. The highest BCUT2D eigenvalue weighted by Crippen LogP contribution is 2.31. The monoisotopic (exact) mass is 498 g/mol. The van der Waals surface area contributed by atoms with Crippen molar-refractivity contribution in [3.8, 4) is 5.75 Å². The Hall–Kier alpha value is -2.54. The number of halogens is 2. The third-order valence-corrected chi connectivity index (χ3v) is 5.98. The molecule has 0 aromatic heterocycles. The van der Waals surface area contributed by atoms with Gasteiger partial charge in [0.25, 0.3) is 5.91 Å². The maximum Gasteiger partial charge on any atom is 0.264 e. The standard InChI is InChI=1S/C23H16BrClN2O2S/c24-19-12-16(8-11-20(19)29-14-15-6-9-17(25)10-7-15)13-21-22(28)27-23(30-21)26-18-4-2-1-3-5-18/h1-13H,14H2,(H,26,27,28). The Balaban J connectivity index is 1.45. The van der Waals surface area contributed by atoms with Crippen LogP contribution in [0.3, 0.4) is 0 Å². The van der Waals surface area contributed by atoms with Crippen molar-refractivity contribution in [1.82, 2.24) is 5.32 Å². The van der Waals surface area contributed by atoms with Gasteiger partial charge >= 0.3 is 0 Å². The summed E-state index contributed by atoms with van der Waals surface area (Å²) in [5.41, 5.74) is 2.72. The van der Waals surface area contributed by atoms with Gasteiger partial charge in [0.1, 0.15) is 12.4 Å². The average molecular weight is 500 g/mol. The summed E-state index contributed by atoms with van der Waals surface area (Å²) in [6.07, 6.45) is 1.83. The van der Waals surface area contributed by atoms with Crippen molar-refractivity contribution in [2.75, 3.05) is 0 Å². The maximum absolute atomic E-state index is 12.3. The van der Waals surface area contributed by atoms with Crippen LogP contribution in [0.25, 0.3) is 6.08 Å². The number of aliphatic imine (C=N–C) groups is 1. The van der Waals surface area contributed by atoms with E-state index in [-0.39, 0.29) is 5.91 Å². The molecule has 0 radical (unpaired) electrons. The summed E-state index contributed by atoms with van der Waals surface area (Å²) >= 11 is 10.8. The average Bonchev–Trinajstić information content (AvgIpc) is 3.08. The summed E-state index contributed by atoms with van der Waals surface area (Å²) in [6, 6.07) is 22.8. The second-order valence-electron chi connectivity index (χ2n) is 6.42. The fourth-order valence-corrected chi connectivity index (χ4v) is 4.20. The fraction of sp³-hybridized carbons (Fsp3) is 0.0435. The number of hydrogen-bond acceptors (Lipinski definition) is 4. The van der Waals surface area contributed by atoms with Gasteiger partial charge in [-0.15, -0.1) is 0 Å². The Morgan fingerprint density at radius 2 is 1.83 bits per heavy atom. The highest BCUT2D eigenvalue weighted by Gasteiger charge is 2.23. The van der Waals surface area contributed by atoms with Gasteiger partial charge < -0.3 is 10.1 Å². The fourth-order valence-electron chi connectivity index (χ4n) is 2.72. The smallest absolute Gasteiger partial charge is 0.264 e. The largest absolute Gasteiger partial charge is 0.488 e. The van der Waals surface area contributed by atoms with Crippen LogP contribution in [0.2, 0.25) is 5.02 Å². The van der Waals surface area contributed by atoms with Crippen LogP contribution < -0.4 is 10.1 Å². The maximum atomic E-state index is 12.3. The van der Waals surface area contributed by atoms with E-state index in [0.717, 1.165) is 27.0 Å². The number of hydrogen-bond donors (Lipinski definition) is 1. The van der Waals surface area contributed by atoms with Crippen LogP contribution in [0.5, 0.6) is 5.75 Å². The number of ether oxygens (including phenoxy) is 1. The van der Waals surface area contributed by atoms with Crippen LogP contribution in [-0.2, 0) is 11.4 Å². The molecule has 1 saturated heterocycles. The SMILES string of the molecule is O=C1NC(=Nc2ccccc2)SC1=Cc1ccc(OCc2ccc(Cl)cc2)c(Br)c1. The van der Waals surface area contributed by atoms with Crippen molar-refractivity contribution in [3.63, 3.8) is 0 Å². The normalized spacial score (nSPS) is 16.1. The molecule has 4 rings (SSSR count). The molecule has 0 atom stereocenters. The van der Waals surface area contributed by atoms with Crippen molar-refractivity contribution < 1.29 is 9.53 Å². The van der Waals surface area contributed by atoms with Crippen LogP contribution in [0.15, 0.2) is 87.2 Å². The number of rotatable bonds is 5. The van der Waals surface area contributed by atoms with Gasteiger partial charge in [-0.1, -0.05) is 48.0 Å². The zero-order valence-corrected chi connectivity index (χ0v) is 18.8. The van der Waals surface area contributed by atoms with E-state index in [9.17, 15) is 4.79 Å². The first-order valence-electron chi connectivity index (χ1n) is 9.08. The Morgan fingerprint density at radius 1 is 1.07 bits per heavy atom. The molecule has 0 saturated carbocycles. The van der Waals surface area contributed by atoms with Gasteiger partial charge in [0.15, 0.2) is 5.17 Å². The zero-order chi connectivity index (χ0) is 20.9. The predicted octanol–water partition coefficient (Wildman–Crippen LogP) is 6.57. The minimum Gasteiger partial charge on any atom is -0.488 e. The van der Waals surface area contributed by atoms with Crippen LogP contribution in [0.4, 0.5) is 5.69 Å². The minimum atomic E-state index is -0.158. The van der Waals surface area contributed by atoms with Crippen molar-refractivity contribution in [2.45, 2.75) is 6.61 Å². The first-order chi connectivity index (χ1) is 14.6. The lowest BCUT2D eigenvalue weighted by Gasteiger charge is -2.09. The number of benzene rings is 3. The summed E-state index contributed by atoms with van der Waals surface area (Å²) in [4.78, 5) is 17.3. The van der Waals surface area contributed by atoms with E-state index in [0.29, 0.717) is 21.7 Å². The van der Waals surface area contributed by atoms with Crippen molar-refractivity contribution >= 4 is 62.1 Å².